The van der Waals surface area contributed by atoms with Crippen molar-refractivity contribution in [1.82, 2.24) is 19.2 Å². The van der Waals surface area contributed by atoms with Gasteiger partial charge in [0.05, 0.1) is 18.9 Å². The summed E-state index contributed by atoms with van der Waals surface area (Å²) in [4.78, 5) is 2.60. The predicted octanol–water partition coefficient (Wildman–Crippen LogP) is 1.90. The summed E-state index contributed by atoms with van der Waals surface area (Å²) in [5.41, 5.74) is 1.30. The van der Waals surface area contributed by atoms with E-state index in [1.165, 1.54) is 18.4 Å². The van der Waals surface area contributed by atoms with Crippen molar-refractivity contribution in [3.8, 4) is 0 Å². The van der Waals surface area contributed by atoms with Crippen molar-refractivity contribution in [2.75, 3.05) is 13.2 Å². The van der Waals surface area contributed by atoms with E-state index >= 15 is 0 Å². The summed E-state index contributed by atoms with van der Waals surface area (Å²) in [6, 6.07) is 4.76. The molecule has 2 aliphatic rings. The van der Waals surface area contributed by atoms with E-state index in [2.05, 4.69) is 45.3 Å². The van der Waals surface area contributed by atoms with Crippen molar-refractivity contribution in [3.63, 3.8) is 0 Å². The lowest BCUT2D eigenvalue weighted by Crippen LogP contribution is -2.50. The fourth-order valence-electron chi connectivity index (χ4n) is 4.08. The Balaban J connectivity index is 1.44. The Labute approximate surface area is 131 Å². The number of rotatable bonds is 4. The van der Waals surface area contributed by atoms with E-state index in [0.717, 1.165) is 26.2 Å². The number of nitrogens with zero attached hydrogens (tertiary/aromatic N) is 4. The normalized spacial score (nSPS) is 28.9. The number of hydrogen-bond donors (Lipinski definition) is 0. The molecule has 5 nitrogen and oxygen atoms in total. The first kappa shape index (κ1) is 14.0. The van der Waals surface area contributed by atoms with Gasteiger partial charge in [0.2, 0.25) is 0 Å². The molecule has 3 atom stereocenters. The van der Waals surface area contributed by atoms with Gasteiger partial charge in [0.15, 0.2) is 0 Å². The zero-order valence-electron chi connectivity index (χ0n) is 13.1. The minimum Gasteiger partial charge on any atom is -0.375 e. The van der Waals surface area contributed by atoms with Crippen LogP contribution in [-0.2, 0) is 24.9 Å². The van der Waals surface area contributed by atoms with E-state index in [4.69, 9.17) is 4.74 Å². The molecule has 0 radical (unpaired) electrons. The third kappa shape index (κ3) is 2.71. The third-order valence-corrected chi connectivity index (χ3v) is 5.09. The Kier molecular flexibility index (Phi) is 3.76. The molecule has 5 heteroatoms. The first-order valence-electron chi connectivity index (χ1n) is 8.23. The molecule has 1 saturated carbocycles. The van der Waals surface area contributed by atoms with Crippen molar-refractivity contribution in [3.05, 3.63) is 42.5 Å². The molecule has 0 bridgehead atoms. The van der Waals surface area contributed by atoms with Gasteiger partial charge in [0, 0.05) is 62.8 Å². The summed E-state index contributed by atoms with van der Waals surface area (Å²) in [6.45, 7) is 3.96. The van der Waals surface area contributed by atoms with Gasteiger partial charge in [0.25, 0.3) is 0 Å². The van der Waals surface area contributed by atoms with Crippen LogP contribution in [0.3, 0.4) is 0 Å². The summed E-state index contributed by atoms with van der Waals surface area (Å²) in [5, 5.41) is 4.29. The summed E-state index contributed by atoms with van der Waals surface area (Å²) in [5.74, 6) is 0.633. The molecular formula is C17H24N4O. The highest BCUT2D eigenvalue weighted by Gasteiger charge is 2.42. The number of aryl methyl sites for hydroxylation is 1. The number of aromatic nitrogens is 3. The molecule has 1 aliphatic carbocycles. The molecule has 2 aromatic heterocycles. The van der Waals surface area contributed by atoms with E-state index in [9.17, 15) is 0 Å². The molecule has 22 heavy (non-hydrogen) atoms. The van der Waals surface area contributed by atoms with Crippen molar-refractivity contribution < 1.29 is 4.74 Å². The maximum absolute atomic E-state index is 6.16. The average Bonchev–Trinajstić information content (AvgIpc) is 3.23. The maximum Gasteiger partial charge on any atom is 0.0776 e. The number of hydrogen-bond acceptors (Lipinski definition) is 3. The number of fused-ring (bicyclic) bond motifs is 1. The van der Waals surface area contributed by atoms with Crippen LogP contribution in [-0.4, -0.2) is 44.5 Å². The highest BCUT2D eigenvalue weighted by atomic mass is 16.5. The topological polar surface area (TPSA) is 35.2 Å². The van der Waals surface area contributed by atoms with Gasteiger partial charge in [-0.05, 0) is 25.0 Å². The van der Waals surface area contributed by atoms with Crippen LogP contribution in [0.25, 0.3) is 0 Å². The molecule has 0 aromatic carbocycles. The van der Waals surface area contributed by atoms with Gasteiger partial charge in [-0.2, -0.15) is 5.10 Å². The Morgan fingerprint density at radius 2 is 2.14 bits per heavy atom. The number of morpholine rings is 1. The zero-order chi connectivity index (χ0) is 14.9. The Bertz CT molecular complexity index is 606. The van der Waals surface area contributed by atoms with Crippen molar-refractivity contribution in [1.29, 1.82) is 0 Å². The molecule has 1 aliphatic heterocycles. The summed E-state index contributed by atoms with van der Waals surface area (Å²) < 4.78 is 10.3. The molecule has 4 rings (SSSR count). The van der Waals surface area contributed by atoms with Gasteiger partial charge >= 0.3 is 0 Å². The fraction of sp³-hybridized carbons (Fsp3) is 0.588. The Hall–Kier alpha value is -1.59. The second kappa shape index (κ2) is 5.89. The first-order valence-corrected chi connectivity index (χ1v) is 8.23. The van der Waals surface area contributed by atoms with Crippen LogP contribution in [0, 0.1) is 5.92 Å². The minimum atomic E-state index is 0.382. The number of ether oxygens (including phenoxy) is 1. The van der Waals surface area contributed by atoms with Gasteiger partial charge in [-0.3, -0.25) is 9.58 Å². The highest BCUT2D eigenvalue weighted by Crippen LogP contribution is 2.36. The van der Waals surface area contributed by atoms with Crippen LogP contribution in [0.4, 0.5) is 0 Å². The fourth-order valence-corrected chi connectivity index (χ4v) is 4.08. The van der Waals surface area contributed by atoms with Gasteiger partial charge in [-0.25, -0.2) is 0 Å². The second-order valence-electron chi connectivity index (χ2n) is 6.61. The summed E-state index contributed by atoms with van der Waals surface area (Å²) in [6.07, 6.45) is 11.3. The van der Waals surface area contributed by atoms with Crippen LogP contribution < -0.4 is 0 Å². The van der Waals surface area contributed by atoms with Gasteiger partial charge in [0.1, 0.15) is 0 Å². The lowest BCUT2D eigenvalue weighted by molar-refractivity contribution is -0.0785. The van der Waals surface area contributed by atoms with E-state index in [1.54, 1.807) is 0 Å². The van der Waals surface area contributed by atoms with Crippen LogP contribution in [0.1, 0.15) is 18.4 Å². The van der Waals surface area contributed by atoms with Crippen molar-refractivity contribution in [2.24, 2.45) is 13.0 Å². The van der Waals surface area contributed by atoms with E-state index in [0.29, 0.717) is 18.1 Å². The molecule has 2 aromatic rings. The van der Waals surface area contributed by atoms with Crippen molar-refractivity contribution >= 4 is 0 Å². The van der Waals surface area contributed by atoms with Gasteiger partial charge in [-0.15, -0.1) is 0 Å². The molecule has 0 unspecified atom stereocenters. The average molecular weight is 300 g/mol. The van der Waals surface area contributed by atoms with Gasteiger partial charge < -0.3 is 9.30 Å². The van der Waals surface area contributed by atoms with Crippen LogP contribution in [0.5, 0.6) is 0 Å². The molecular weight excluding hydrogens is 276 g/mol. The standard InChI is InChI=1S/C17H24N4O/c1-19-11-14(10-18-19)12-21-8-9-22-17-15(4-5-16(17)21)13-20-6-2-3-7-20/h2-3,6-7,10-11,15-17H,4-5,8-9,12-13H2,1H3/t15-,16+,17+/m1/s1. The smallest absolute Gasteiger partial charge is 0.0776 e. The third-order valence-electron chi connectivity index (χ3n) is 5.09. The lowest BCUT2D eigenvalue weighted by Gasteiger charge is -2.39. The Morgan fingerprint density at radius 1 is 1.27 bits per heavy atom. The quantitative estimate of drug-likeness (QED) is 0.865. The predicted molar refractivity (Wildman–Crippen MR) is 84.3 cm³/mol. The first-order chi connectivity index (χ1) is 10.8. The molecule has 0 N–H and O–H groups in total. The molecule has 2 fully saturated rings. The largest absolute Gasteiger partial charge is 0.375 e. The molecule has 0 amide bonds. The Morgan fingerprint density at radius 3 is 2.91 bits per heavy atom. The highest BCUT2D eigenvalue weighted by molar-refractivity contribution is 5.06. The molecule has 3 heterocycles. The molecule has 0 spiro atoms. The van der Waals surface area contributed by atoms with Crippen LogP contribution >= 0.6 is 0 Å². The second-order valence-corrected chi connectivity index (χ2v) is 6.61. The molecule has 1 saturated heterocycles. The minimum absolute atomic E-state index is 0.382. The summed E-state index contributed by atoms with van der Waals surface area (Å²) in [7, 11) is 1.98. The SMILES string of the molecule is Cn1cc(CN2CCO[C@H]3[C@@H](Cn4cccc4)CC[C@@H]32)cn1. The monoisotopic (exact) mass is 300 g/mol. The summed E-state index contributed by atoms with van der Waals surface area (Å²) >= 11 is 0. The van der Waals surface area contributed by atoms with E-state index in [1.807, 2.05) is 17.9 Å². The van der Waals surface area contributed by atoms with Crippen LogP contribution in [0.2, 0.25) is 0 Å². The maximum atomic E-state index is 6.16. The lowest BCUT2D eigenvalue weighted by atomic mass is 10.0. The van der Waals surface area contributed by atoms with Crippen LogP contribution in [0.15, 0.2) is 36.9 Å². The van der Waals surface area contributed by atoms with E-state index < -0.39 is 0 Å². The van der Waals surface area contributed by atoms with E-state index in [-0.39, 0.29) is 0 Å². The zero-order valence-corrected chi connectivity index (χ0v) is 13.1. The van der Waals surface area contributed by atoms with Gasteiger partial charge in [-0.1, -0.05) is 0 Å². The van der Waals surface area contributed by atoms with Crippen molar-refractivity contribution in [2.45, 2.75) is 38.1 Å². The molecule has 118 valence electrons.